The fraction of sp³-hybridized carbons (Fsp3) is 0.417. The maximum atomic E-state index is 11.8. The molecule has 7 nitrogen and oxygen atoms in total. The second kappa shape index (κ2) is 8.34. The molecule has 0 bridgehead atoms. The summed E-state index contributed by atoms with van der Waals surface area (Å²) in [5.74, 6) is -0.327. The standard InChI is InChI=1S/C12H17ClN4O3/c1-2-15-11-9(13)5-8(6-17-11)12(19)16-3-4-20-7-10(14)18/h5-6H,2-4,7H2,1H3,(H2,14,18)(H,15,17)(H,16,19). The average Bonchev–Trinajstić information content (AvgIpc) is 2.40. The number of amides is 2. The topological polar surface area (TPSA) is 106 Å². The van der Waals surface area contributed by atoms with Gasteiger partial charge < -0.3 is 21.1 Å². The molecule has 110 valence electrons. The summed E-state index contributed by atoms with van der Waals surface area (Å²) in [5.41, 5.74) is 5.25. The van der Waals surface area contributed by atoms with Crippen molar-refractivity contribution in [1.29, 1.82) is 0 Å². The third kappa shape index (κ3) is 5.41. The number of hydrogen-bond donors (Lipinski definition) is 3. The van der Waals surface area contributed by atoms with E-state index < -0.39 is 5.91 Å². The Labute approximate surface area is 121 Å². The van der Waals surface area contributed by atoms with Gasteiger partial charge in [0.15, 0.2) is 0 Å². The molecule has 0 aromatic carbocycles. The number of aromatic nitrogens is 1. The molecule has 1 aromatic rings. The van der Waals surface area contributed by atoms with E-state index in [4.69, 9.17) is 22.1 Å². The molecule has 0 unspecified atom stereocenters. The lowest BCUT2D eigenvalue weighted by Crippen LogP contribution is -2.29. The molecule has 1 aromatic heterocycles. The molecule has 1 rings (SSSR count). The first-order valence-corrected chi connectivity index (χ1v) is 6.46. The Morgan fingerprint density at radius 1 is 1.50 bits per heavy atom. The molecule has 4 N–H and O–H groups in total. The Kier molecular flexibility index (Phi) is 6.75. The van der Waals surface area contributed by atoms with E-state index in [1.807, 2.05) is 6.92 Å². The molecule has 1 heterocycles. The minimum atomic E-state index is -0.550. The fourth-order valence-corrected chi connectivity index (χ4v) is 1.60. The molecule has 0 saturated heterocycles. The number of rotatable bonds is 8. The Balaban J connectivity index is 2.43. The first-order chi connectivity index (χ1) is 9.54. The van der Waals surface area contributed by atoms with E-state index in [0.29, 0.717) is 22.9 Å². The minimum Gasteiger partial charge on any atom is -0.370 e. The second-order valence-corrected chi connectivity index (χ2v) is 4.27. The lowest BCUT2D eigenvalue weighted by atomic mass is 10.2. The highest BCUT2D eigenvalue weighted by Gasteiger charge is 2.09. The van der Waals surface area contributed by atoms with Gasteiger partial charge in [-0.1, -0.05) is 11.6 Å². The molecule has 0 fully saturated rings. The molecule has 0 aliphatic carbocycles. The highest BCUT2D eigenvalue weighted by Crippen LogP contribution is 2.19. The van der Waals surface area contributed by atoms with Crippen LogP contribution in [0.2, 0.25) is 5.02 Å². The van der Waals surface area contributed by atoms with Gasteiger partial charge in [-0.2, -0.15) is 0 Å². The maximum Gasteiger partial charge on any atom is 0.252 e. The van der Waals surface area contributed by atoms with Crippen LogP contribution < -0.4 is 16.4 Å². The Morgan fingerprint density at radius 2 is 2.25 bits per heavy atom. The van der Waals surface area contributed by atoms with Crippen LogP contribution in [0.4, 0.5) is 5.82 Å². The summed E-state index contributed by atoms with van der Waals surface area (Å²) >= 11 is 5.99. The van der Waals surface area contributed by atoms with Gasteiger partial charge in [0.25, 0.3) is 5.91 Å². The van der Waals surface area contributed by atoms with Gasteiger partial charge in [-0.15, -0.1) is 0 Å². The first-order valence-electron chi connectivity index (χ1n) is 6.08. The number of carbonyl (C=O) groups is 2. The number of pyridine rings is 1. The average molecular weight is 301 g/mol. The molecule has 0 atom stereocenters. The summed E-state index contributed by atoms with van der Waals surface area (Å²) in [4.78, 5) is 26.3. The normalized spacial score (nSPS) is 10.1. The summed E-state index contributed by atoms with van der Waals surface area (Å²) in [6.45, 7) is 2.91. The van der Waals surface area contributed by atoms with Crippen molar-refractivity contribution in [2.75, 3.05) is 31.6 Å². The van der Waals surface area contributed by atoms with Crippen molar-refractivity contribution in [2.45, 2.75) is 6.92 Å². The highest BCUT2D eigenvalue weighted by molar-refractivity contribution is 6.33. The Hall–Kier alpha value is -1.86. The van der Waals surface area contributed by atoms with Crippen LogP contribution in [-0.2, 0) is 9.53 Å². The highest BCUT2D eigenvalue weighted by atomic mass is 35.5. The number of nitrogens with one attached hydrogen (secondary N) is 2. The number of hydrogen-bond acceptors (Lipinski definition) is 5. The van der Waals surface area contributed by atoms with Crippen LogP contribution in [0.25, 0.3) is 0 Å². The number of ether oxygens (including phenoxy) is 1. The third-order valence-electron chi connectivity index (χ3n) is 2.22. The van der Waals surface area contributed by atoms with Gasteiger partial charge >= 0.3 is 0 Å². The summed E-state index contributed by atoms with van der Waals surface area (Å²) in [5, 5.41) is 5.97. The molecule has 2 amide bonds. The van der Waals surface area contributed by atoms with Gasteiger partial charge in [-0.25, -0.2) is 4.98 Å². The molecule has 0 saturated carbocycles. The van der Waals surface area contributed by atoms with Crippen molar-refractivity contribution in [2.24, 2.45) is 5.73 Å². The fourth-order valence-electron chi connectivity index (χ4n) is 1.37. The largest absolute Gasteiger partial charge is 0.370 e. The van der Waals surface area contributed by atoms with E-state index in [2.05, 4.69) is 15.6 Å². The van der Waals surface area contributed by atoms with Gasteiger partial charge in [-0.3, -0.25) is 9.59 Å². The van der Waals surface area contributed by atoms with Crippen LogP contribution in [-0.4, -0.2) is 43.1 Å². The van der Waals surface area contributed by atoms with E-state index >= 15 is 0 Å². The maximum absolute atomic E-state index is 11.8. The smallest absolute Gasteiger partial charge is 0.252 e. The van der Waals surface area contributed by atoms with Crippen molar-refractivity contribution >= 4 is 29.2 Å². The summed E-state index contributed by atoms with van der Waals surface area (Å²) in [7, 11) is 0. The number of primary amides is 1. The van der Waals surface area contributed by atoms with Gasteiger partial charge in [0.05, 0.1) is 17.2 Å². The van der Waals surface area contributed by atoms with Crippen molar-refractivity contribution in [3.05, 3.63) is 22.8 Å². The van der Waals surface area contributed by atoms with Gasteiger partial charge in [-0.05, 0) is 13.0 Å². The van der Waals surface area contributed by atoms with Crippen LogP contribution >= 0.6 is 11.6 Å². The molecule has 0 radical (unpaired) electrons. The molecule has 20 heavy (non-hydrogen) atoms. The van der Waals surface area contributed by atoms with Gasteiger partial charge in [0.2, 0.25) is 5.91 Å². The summed E-state index contributed by atoms with van der Waals surface area (Å²) < 4.78 is 4.92. The Morgan fingerprint density at radius 3 is 2.85 bits per heavy atom. The molecule has 8 heteroatoms. The first kappa shape index (κ1) is 16.2. The van der Waals surface area contributed by atoms with Crippen LogP contribution in [0.1, 0.15) is 17.3 Å². The zero-order valence-electron chi connectivity index (χ0n) is 11.1. The number of nitrogens with zero attached hydrogens (tertiary/aromatic N) is 1. The number of nitrogens with two attached hydrogens (primary N) is 1. The number of halogens is 1. The zero-order chi connectivity index (χ0) is 15.0. The molecular weight excluding hydrogens is 284 g/mol. The van der Waals surface area contributed by atoms with Crippen LogP contribution in [0.3, 0.4) is 0 Å². The molecule has 0 aliphatic rings. The van der Waals surface area contributed by atoms with Gasteiger partial charge in [0.1, 0.15) is 12.4 Å². The third-order valence-corrected chi connectivity index (χ3v) is 2.51. The van der Waals surface area contributed by atoms with E-state index in [9.17, 15) is 9.59 Å². The minimum absolute atomic E-state index is 0.166. The monoisotopic (exact) mass is 300 g/mol. The quantitative estimate of drug-likeness (QED) is 0.602. The van der Waals surface area contributed by atoms with E-state index in [1.165, 1.54) is 12.3 Å². The lowest BCUT2D eigenvalue weighted by Gasteiger charge is -2.08. The second-order valence-electron chi connectivity index (χ2n) is 3.86. The van der Waals surface area contributed by atoms with Crippen molar-refractivity contribution < 1.29 is 14.3 Å². The summed E-state index contributed by atoms with van der Waals surface area (Å²) in [6, 6.07) is 1.53. The molecule has 0 spiro atoms. The number of anilines is 1. The molecular formula is C12H17ClN4O3. The summed E-state index contributed by atoms with van der Waals surface area (Å²) in [6.07, 6.45) is 1.43. The van der Waals surface area contributed by atoms with Crippen LogP contribution in [0.15, 0.2) is 12.3 Å². The van der Waals surface area contributed by atoms with Crippen LogP contribution in [0.5, 0.6) is 0 Å². The molecule has 0 aliphatic heterocycles. The lowest BCUT2D eigenvalue weighted by molar-refractivity contribution is -0.122. The van der Waals surface area contributed by atoms with Crippen molar-refractivity contribution in [3.8, 4) is 0 Å². The van der Waals surface area contributed by atoms with Crippen molar-refractivity contribution in [1.82, 2.24) is 10.3 Å². The van der Waals surface area contributed by atoms with Crippen molar-refractivity contribution in [3.63, 3.8) is 0 Å². The van der Waals surface area contributed by atoms with Crippen LogP contribution in [0, 0.1) is 0 Å². The van der Waals surface area contributed by atoms with E-state index in [1.54, 1.807) is 0 Å². The van der Waals surface area contributed by atoms with E-state index in [0.717, 1.165) is 0 Å². The predicted octanol–water partition coefficient (Wildman–Crippen LogP) is 0.399. The van der Waals surface area contributed by atoms with E-state index in [-0.39, 0.29) is 25.7 Å². The van der Waals surface area contributed by atoms with Gasteiger partial charge in [0, 0.05) is 19.3 Å². The SMILES string of the molecule is CCNc1ncc(C(=O)NCCOCC(N)=O)cc1Cl. The predicted molar refractivity (Wildman–Crippen MR) is 75.8 cm³/mol. The number of carbonyl (C=O) groups excluding carboxylic acids is 2. The zero-order valence-corrected chi connectivity index (χ0v) is 11.9. The Bertz CT molecular complexity index is 482.